The fourth-order valence-electron chi connectivity index (χ4n) is 6.66. The highest BCUT2D eigenvalue weighted by Crippen LogP contribution is 2.32. The molecule has 1 amide bonds. The van der Waals surface area contributed by atoms with E-state index in [2.05, 4.69) is 77.1 Å². The third-order valence-electron chi connectivity index (χ3n) is 8.87. The van der Waals surface area contributed by atoms with E-state index < -0.39 is 0 Å². The molecule has 0 N–H and O–H groups in total. The van der Waals surface area contributed by atoms with Gasteiger partial charge in [0, 0.05) is 68.5 Å². The Morgan fingerprint density at radius 1 is 0.923 bits per heavy atom. The lowest BCUT2D eigenvalue weighted by molar-refractivity contribution is -0.129. The van der Waals surface area contributed by atoms with Gasteiger partial charge < -0.3 is 14.2 Å². The molecular formula is C34H41N3O2. The molecule has 1 unspecified atom stereocenters. The van der Waals surface area contributed by atoms with E-state index >= 15 is 0 Å². The summed E-state index contributed by atoms with van der Waals surface area (Å²) in [5.74, 6) is 1.70. The number of nitrogens with zero attached hydrogens (tertiary/aromatic N) is 3. The van der Waals surface area contributed by atoms with Crippen LogP contribution in [0.4, 0.5) is 0 Å². The van der Waals surface area contributed by atoms with Crippen molar-refractivity contribution in [2.75, 3.05) is 27.2 Å². The number of likely N-dealkylation sites (tertiary alicyclic amines) is 1. The molecule has 1 aliphatic heterocycles. The molecule has 0 spiro atoms. The van der Waals surface area contributed by atoms with Crippen molar-refractivity contribution in [3.8, 4) is 5.75 Å². The van der Waals surface area contributed by atoms with Gasteiger partial charge in [-0.2, -0.15) is 0 Å². The maximum Gasteiger partial charge on any atom is 0.222 e. The van der Waals surface area contributed by atoms with Gasteiger partial charge in [-0.15, -0.1) is 0 Å². The number of aryl methyl sites for hydroxylation is 2. The van der Waals surface area contributed by atoms with E-state index in [0.29, 0.717) is 12.3 Å². The Balaban J connectivity index is 1.04. The lowest BCUT2D eigenvalue weighted by atomic mass is 9.82. The van der Waals surface area contributed by atoms with E-state index in [9.17, 15) is 4.79 Å². The Hall–Kier alpha value is -3.31. The maximum absolute atomic E-state index is 12.1. The molecule has 0 bridgehead atoms. The zero-order chi connectivity index (χ0) is 26.9. The monoisotopic (exact) mass is 523 g/mol. The van der Waals surface area contributed by atoms with Gasteiger partial charge in [-0.3, -0.25) is 9.69 Å². The number of hydrogen-bond donors (Lipinski definition) is 0. The molecule has 2 aliphatic rings. The number of hydrogen-bond acceptors (Lipinski definition) is 3. The summed E-state index contributed by atoms with van der Waals surface area (Å²) in [5, 5.41) is 2.72. The van der Waals surface area contributed by atoms with E-state index in [1.165, 1.54) is 38.5 Å². The number of carbonyl (C=O) groups is 1. The number of amides is 1. The van der Waals surface area contributed by atoms with Crippen molar-refractivity contribution in [1.29, 1.82) is 0 Å². The molecule has 0 radical (unpaired) electrons. The lowest BCUT2D eigenvalue weighted by Crippen LogP contribution is -2.37. The Morgan fingerprint density at radius 3 is 2.51 bits per heavy atom. The van der Waals surface area contributed by atoms with Crippen LogP contribution in [0, 0.1) is 5.92 Å². The maximum atomic E-state index is 12.1. The molecule has 0 saturated carbocycles. The van der Waals surface area contributed by atoms with Crippen LogP contribution in [0.25, 0.3) is 21.8 Å². The molecule has 204 valence electrons. The molecule has 1 aromatic heterocycles. The molecule has 1 fully saturated rings. The number of piperidine rings is 1. The first kappa shape index (κ1) is 25.9. The van der Waals surface area contributed by atoms with Crippen molar-refractivity contribution in [3.63, 3.8) is 0 Å². The minimum absolute atomic E-state index is 0.236. The molecule has 2 heterocycles. The van der Waals surface area contributed by atoms with Gasteiger partial charge in [-0.05, 0) is 92.0 Å². The standard InChI is InChI=1S/C34H41N3O2/c1-4-37-32-8-6-5-7-30(32)31-20-25(10-14-33(31)37)23-36-17-15-28(16-18-36)39-29-13-12-26-19-24(9-11-27(26)22-29)21-34(38)35(2)3/h5-8,10,12-14,20,22,24,28H,4,9,11,15-19,21,23H2,1-3H3. The van der Waals surface area contributed by atoms with Gasteiger partial charge in [-0.25, -0.2) is 0 Å². The fraction of sp³-hybridized carbons (Fsp3) is 0.441. The summed E-state index contributed by atoms with van der Waals surface area (Å²) >= 11 is 0. The normalized spacial score (nSPS) is 18.4. The molecule has 1 aliphatic carbocycles. The zero-order valence-corrected chi connectivity index (χ0v) is 23.7. The topological polar surface area (TPSA) is 37.7 Å². The molecule has 4 aromatic rings. The minimum atomic E-state index is 0.236. The number of rotatable bonds is 7. The van der Waals surface area contributed by atoms with Gasteiger partial charge >= 0.3 is 0 Å². The number of aromatic nitrogens is 1. The summed E-state index contributed by atoms with van der Waals surface area (Å²) in [6.07, 6.45) is 6.17. The first-order valence-corrected chi connectivity index (χ1v) is 14.7. The highest BCUT2D eigenvalue weighted by Gasteiger charge is 2.24. The first-order valence-electron chi connectivity index (χ1n) is 14.7. The van der Waals surface area contributed by atoms with Gasteiger partial charge in [0.05, 0.1) is 0 Å². The summed E-state index contributed by atoms with van der Waals surface area (Å²) in [6, 6.07) is 22.4. The van der Waals surface area contributed by atoms with Gasteiger partial charge in [0.2, 0.25) is 5.91 Å². The van der Waals surface area contributed by atoms with Crippen LogP contribution in [-0.2, 0) is 30.7 Å². The molecule has 1 atom stereocenters. The molecule has 6 rings (SSSR count). The summed E-state index contributed by atoms with van der Waals surface area (Å²) in [5.41, 5.74) is 6.84. The van der Waals surface area contributed by atoms with Gasteiger partial charge in [0.1, 0.15) is 11.9 Å². The molecular weight excluding hydrogens is 482 g/mol. The smallest absolute Gasteiger partial charge is 0.222 e. The predicted octanol–water partition coefficient (Wildman–Crippen LogP) is 6.44. The van der Waals surface area contributed by atoms with Crippen molar-refractivity contribution < 1.29 is 9.53 Å². The average molecular weight is 524 g/mol. The van der Waals surface area contributed by atoms with Crippen molar-refractivity contribution in [2.45, 2.75) is 64.6 Å². The highest BCUT2D eigenvalue weighted by molar-refractivity contribution is 6.08. The number of carbonyl (C=O) groups excluding carboxylic acids is 1. The van der Waals surface area contributed by atoms with E-state index in [1.54, 1.807) is 4.90 Å². The molecule has 3 aromatic carbocycles. The van der Waals surface area contributed by atoms with Crippen LogP contribution in [-0.4, -0.2) is 53.6 Å². The second-order valence-electron chi connectivity index (χ2n) is 11.7. The molecule has 5 nitrogen and oxygen atoms in total. The van der Waals surface area contributed by atoms with Crippen LogP contribution in [0.15, 0.2) is 60.7 Å². The largest absolute Gasteiger partial charge is 0.490 e. The van der Waals surface area contributed by atoms with E-state index in [-0.39, 0.29) is 12.0 Å². The molecule has 5 heteroatoms. The van der Waals surface area contributed by atoms with Crippen LogP contribution in [0.5, 0.6) is 5.75 Å². The second kappa shape index (κ2) is 11.1. The number of para-hydroxylation sites is 1. The minimum Gasteiger partial charge on any atom is -0.490 e. The van der Waals surface area contributed by atoms with E-state index in [0.717, 1.165) is 64.0 Å². The van der Waals surface area contributed by atoms with Crippen LogP contribution in [0.1, 0.15) is 49.3 Å². The number of fused-ring (bicyclic) bond motifs is 4. The summed E-state index contributed by atoms with van der Waals surface area (Å²) < 4.78 is 8.89. The van der Waals surface area contributed by atoms with Crippen molar-refractivity contribution in [1.82, 2.24) is 14.4 Å². The predicted molar refractivity (Wildman–Crippen MR) is 159 cm³/mol. The zero-order valence-electron chi connectivity index (χ0n) is 23.7. The summed E-state index contributed by atoms with van der Waals surface area (Å²) in [7, 11) is 3.69. The van der Waals surface area contributed by atoms with E-state index in [1.807, 2.05) is 14.1 Å². The summed E-state index contributed by atoms with van der Waals surface area (Å²) in [6.45, 7) is 6.32. The fourth-order valence-corrected chi connectivity index (χ4v) is 6.66. The third kappa shape index (κ3) is 5.42. The van der Waals surface area contributed by atoms with Crippen LogP contribution in [0.3, 0.4) is 0 Å². The number of ether oxygens (including phenoxy) is 1. The van der Waals surface area contributed by atoms with Crippen LogP contribution >= 0.6 is 0 Å². The Kier molecular flexibility index (Phi) is 7.35. The highest BCUT2D eigenvalue weighted by atomic mass is 16.5. The SMILES string of the molecule is CCn1c2ccccc2c2cc(CN3CCC(Oc4ccc5c(c4)CCC(CC(=O)N(C)C)C5)CC3)ccc21. The second-order valence-corrected chi connectivity index (χ2v) is 11.7. The Morgan fingerprint density at radius 2 is 1.72 bits per heavy atom. The van der Waals surface area contributed by atoms with Crippen molar-refractivity contribution in [2.24, 2.45) is 5.92 Å². The Labute approximate surface area is 232 Å². The Bertz CT molecular complexity index is 1480. The van der Waals surface area contributed by atoms with Crippen LogP contribution in [0.2, 0.25) is 0 Å². The molecule has 1 saturated heterocycles. The van der Waals surface area contributed by atoms with Gasteiger partial charge in [-0.1, -0.05) is 30.3 Å². The van der Waals surface area contributed by atoms with Crippen molar-refractivity contribution >= 4 is 27.7 Å². The third-order valence-corrected chi connectivity index (χ3v) is 8.87. The number of benzene rings is 3. The van der Waals surface area contributed by atoms with Crippen molar-refractivity contribution in [3.05, 3.63) is 77.4 Å². The lowest BCUT2D eigenvalue weighted by Gasteiger charge is -2.32. The van der Waals surface area contributed by atoms with Crippen LogP contribution < -0.4 is 4.74 Å². The average Bonchev–Trinajstić information content (AvgIpc) is 3.27. The quantitative estimate of drug-likeness (QED) is 0.280. The first-order chi connectivity index (χ1) is 19.0. The van der Waals surface area contributed by atoms with Gasteiger partial charge in [0.25, 0.3) is 0 Å². The van der Waals surface area contributed by atoms with Gasteiger partial charge in [0.15, 0.2) is 0 Å². The summed E-state index contributed by atoms with van der Waals surface area (Å²) in [4.78, 5) is 16.4. The van der Waals surface area contributed by atoms with E-state index in [4.69, 9.17) is 4.74 Å². The molecule has 39 heavy (non-hydrogen) atoms.